The number of thioether (sulfide) groups is 1. The number of carbonyl (C=O) groups is 2. The van der Waals surface area contributed by atoms with Crippen molar-refractivity contribution >= 4 is 23.7 Å². The first kappa shape index (κ1) is 21.0. The van der Waals surface area contributed by atoms with Crippen LogP contribution in [0.3, 0.4) is 0 Å². The summed E-state index contributed by atoms with van der Waals surface area (Å²) >= 11 is 1.17. The van der Waals surface area contributed by atoms with Crippen molar-refractivity contribution in [2.75, 3.05) is 0 Å². The molecule has 0 saturated heterocycles. The van der Waals surface area contributed by atoms with E-state index in [4.69, 9.17) is 10.00 Å². The average molecular weight is 363 g/mol. The molecule has 0 unspecified atom stereocenters. The summed E-state index contributed by atoms with van der Waals surface area (Å²) in [7, 11) is 0. The van der Waals surface area contributed by atoms with E-state index in [0.717, 1.165) is 4.90 Å². The molecule has 0 aliphatic carbocycles. The second-order valence-electron chi connectivity index (χ2n) is 7.28. The third kappa shape index (κ3) is 7.18. The molecule has 1 N–H and O–H groups in total. The predicted molar refractivity (Wildman–Crippen MR) is 97.2 cm³/mol. The van der Waals surface area contributed by atoms with Crippen LogP contribution in [0.1, 0.15) is 46.6 Å². The first-order valence-electron chi connectivity index (χ1n) is 8.16. The smallest absolute Gasteiger partial charge is 0.320 e. The molecule has 0 bridgehead atoms. The Morgan fingerprint density at radius 1 is 1.24 bits per heavy atom. The van der Waals surface area contributed by atoms with E-state index in [2.05, 4.69) is 0 Å². The van der Waals surface area contributed by atoms with Crippen molar-refractivity contribution in [3.05, 3.63) is 29.8 Å². The molecule has 0 radical (unpaired) electrons. The summed E-state index contributed by atoms with van der Waals surface area (Å²) < 4.78 is 5.45. The number of carbonyl (C=O) groups excluding carboxylic acids is 1. The number of hydrogen-bond donors (Lipinski definition) is 1. The van der Waals surface area contributed by atoms with E-state index in [1.807, 2.05) is 19.9 Å². The fourth-order valence-electron chi connectivity index (χ4n) is 2.27. The molecular weight excluding hydrogens is 338 g/mol. The molecule has 1 rings (SSSR count). The van der Waals surface area contributed by atoms with Crippen molar-refractivity contribution in [3.63, 3.8) is 0 Å². The molecule has 1 aromatic rings. The van der Waals surface area contributed by atoms with Gasteiger partial charge >= 0.3 is 11.9 Å². The quantitative estimate of drug-likeness (QED) is 0.579. The van der Waals surface area contributed by atoms with Gasteiger partial charge < -0.3 is 9.84 Å². The van der Waals surface area contributed by atoms with Crippen molar-refractivity contribution < 1.29 is 19.4 Å². The summed E-state index contributed by atoms with van der Waals surface area (Å²) in [6.45, 7) is 9.12. The lowest BCUT2D eigenvalue weighted by Gasteiger charge is -2.27. The summed E-state index contributed by atoms with van der Waals surface area (Å²) in [5, 5.41) is 17.7. The van der Waals surface area contributed by atoms with Crippen LogP contribution in [0.15, 0.2) is 29.2 Å². The van der Waals surface area contributed by atoms with Gasteiger partial charge in [0.05, 0.1) is 17.6 Å². The first-order valence-corrected chi connectivity index (χ1v) is 9.04. The highest BCUT2D eigenvalue weighted by Gasteiger charge is 2.37. The summed E-state index contributed by atoms with van der Waals surface area (Å²) in [4.78, 5) is 25.2. The Labute approximate surface area is 153 Å². The molecule has 0 aromatic heterocycles. The van der Waals surface area contributed by atoms with Gasteiger partial charge in [-0.1, -0.05) is 13.8 Å². The van der Waals surface area contributed by atoms with E-state index in [1.54, 1.807) is 45.0 Å². The van der Waals surface area contributed by atoms with Gasteiger partial charge in [-0.15, -0.1) is 11.8 Å². The number of ether oxygens (including phenoxy) is 1. The molecular formula is C19H25NO4S. The van der Waals surface area contributed by atoms with Crippen LogP contribution in [0.4, 0.5) is 0 Å². The zero-order valence-corrected chi connectivity index (χ0v) is 16.1. The molecule has 0 fully saturated rings. The van der Waals surface area contributed by atoms with Crippen LogP contribution >= 0.6 is 11.8 Å². The summed E-state index contributed by atoms with van der Waals surface area (Å²) in [6.07, 6.45) is 0.378. The van der Waals surface area contributed by atoms with E-state index < -0.39 is 28.7 Å². The zero-order valence-electron chi connectivity index (χ0n) is 15.3. The van der Waals surface area contributed by atoms with Gasteiger partial charge in [-0.05, 0) is 57.4 Å². The molecule has 136 valence electrons. The van der Waals surface area contributed by atoms with Gasteiger partial charge in [-0.25, -0.2) is 0 Å². The minimum absolute atomic E-state index is 0.132. The van der Waals surface area contributed by atoms with Crippen LogP contribution in [0.2, 0.25) is 0 Å². The molecule has 0 saturated carbocycles. The molecule has 0 heterocycles. The van der Waals surface area contributed by atoms with Gasteiger partial charge in [0.15, 0.2) is 0 Å². The largest absolute Gasteiger partial charge is 0.481 e. The average Bonchev–Trinajstić information content (AvgIpc) is 2.49. The van der Waals surface area contributed by atoms with Gasteiger partial charge in [-0.2, -0.15) is 5.26 Å². The van der Waals surface area contributed by atoms with E-state index in [9.17, 15) is 14.7 Å². The van der Waals surface area contributed by atoms with Crippen molar-refractivity contribution in [2.45, 2.75) is 56.8 Å². The zero-order chi connectivity index (χ0) is 19.2. The summed E-state index contributed by atoms with van der Waals surface area (Å²) in [5.74, 6) is -2.26. The third-order valence-corrected chi connectivity index (χ3v) is 4.61. The number of carboxylic acid groups (broad SMARTS) is 1. The lowest BCUT2D eigenvalue weighted by Crippen LogP contribution is -2.38. The topological polar surface area (TPSA) is 87.4 Å². The first-order chi connectivity index (χ1) is 11.5. The molecule has 0 amide bonds. The van der Waals surface area contributed by atoms with Crippen molar-refractivity contribution in [1.82, 2.24) is 0 Å². The van der Waals surface area contributed by atoms with Crippen LogP contribution in [-0.4, -0.2) is 27.9 Å². The lowest BCUT2D eigenvalue weighted by atomic mass is 9.94. The van der Waals surface area contributed by atoms with Gasteiger partial charge in [0.2, 0.25) is 0 Å². The number of rotatable bonds is 7. The highest BCUT2D eigenvalue weighted by atomic mass is 32.2. The van der Waals surface area contributed by atoms with Gasteiger partial charge in [0.25, 0.3) is 0 Å². The monoisotopic (exact) mass is 363 g/mol. The lowest BCUT2D eigenvalue weighted by molar-refractivity contribution is -0.159. The minimum atomic E-state index is -1.01. The van der Waals surface area contributed by atoms with Crippen LogP contribution < -0.4 is 0 Å². The Morgan fingerprint density at radius 2 is 1.80 bits per heavy atom. The number of hydrogen-bond acceptors (Lipinski definition) is 5. The standard InChI is InChI=1S/C19H25NO4S/c1-12(2)10-15(17(21)22)16(18(23)24-19(3,4)5)25-14-8-6-13(11-20)7-9-14/h6-9,12,15-16H,10H2,1-5H3,(H,21,22)/t15-,16+/m1/s1. The van der Waals surface area contributed by atoms with Gasteiger partial charge in [0.1, 0.15) is 10.9 Å². The predicted octanol–water partition coefficient (Wildman–Crippen LogP) is 4.11. The normalized spacial score (nSPS) is 13.8. The van der Waals surface area contributed by atoms with Crippen molar-refractivity contribution in [1.29, 1.82) is 5.26 Å². The number of benzene rings is 1. The Hall–Kier alpha value is -2.00. The van der Waals surface area contributed by atoms with Crippen LogP contribution in [0.5, 0.6) is 0 Å². The Bertz CT molecular complexity index is 641. The van der Waals surface area contributed by atoms with Gasteiger partial charge in [0, 0.05) is 4.90 Å². The Kier molecular flexibility index (Phi) is 7.50. The van der Waals surface area contributed by atoms with Crippen LogP contribution in [0.25, 0.3) is 0 Å². The SMILES string of the molecule is CC(C)C[C@@H](C(=O)O)[C@H](Sc1ccc(C#N)cc1)C(=O)OC(C)(C)C. The maximum atomic E-state index is 12.7. The molecule has 5 nitrogen and oxygen atoms in total. The van der Waals surface area contributed by atoms with Crippen molar-refractivity contribution in [3.8, 4) is 6.07 Å². The third-order valence-electron chi connectivity index (χ3n) is 3.29. The Morgan fingerprint density at radius 3 is 2.20 bits per heavy atom. The summed E-state index contributed by atoms with van der Waals surface area (Å²) in [5.41, 5.74) is -0.184. The van der Waals surface area contributed by atoms with Crippen LogP contribution in [-0.2, 0) is 14.3 Å². The van der Waals surface area contributed by atoms with E-state index >= 15 is 0 Å². The maximum Gasteiger partial charge on any atom is 0.320 e. The number of carboxylic acids is 1. The second-order valence-corrected chi connectivity index (χ2v) is 8.50. The molecule has 0 aliphatic rings. The molecule has 6 heteroatoms. The van der Waals surface area contributed by atoms with Crippen molar-refractivity contribution in [2.24, 2.45) is 11.8 Å². The molecule has 25 heavy (non-hydrogen) atoms. The fraction of sp³-hybridized carbons (Fsp3) is 0.526. The van der Waals surface area contributed by atoms with E-state index in [0.29, 0.717) is 12.0 Å². The van der Waals surface area contributed by atoms with Crippen LogP contribution in [0, 0.1) is 23.2 Å². The highest BCUT2D eigenvalue weighted by Crippen LogP contribution is 2.33. The number of esters is 1. The molecule has 2 atom stereocenters. The minimum Gasteiger partial charge on any atom is -0.481 e. The summed E-state index contributed by atoms with van der Waals surface area (Å²) in [6, 6.07) is 8.76. The molecule has 0 aliphatic heterocycles. The van der Waals surface area contributed by atoms with E-state index in [-0.39, 0.29) is 5.92 Å². The Balaban J connectivity index is 3.13. The molecule has 0 spiro atoms. The van der Waals surface area contributed by atoms with Gasteiger partial charge in [-0.3, -0.25) is 9.59 Å². The number of nitrogens with zero attached hydrogens (tertiary/aromatic N) is 1. The fourth-order valence-corrected chi connectivity index (χ4v) is 3.39. The highest BCUT2D eigenvalue weighted by molar-refractivity contribution is 8.00. The number of nitriles is 1. The molecule has 1 aromatic carbocycles. The second kappa shape index (κ2) is 8.91. The maximum absolute atomic E-state index is 12.7. The number of aliphatic carboxylic acids is 1. The van der Waals surface area contributed by atoms with E-state index in [1.165, 1.54) is 11.8 Å².